The number of para-hydroxylation sites is 1. The third-order valence-corrected chi connectivity index (χ3v) is 8.46. The molecule has 0 aliphatic rings. The molecule has 0 spiro atoms. The number of aromatic nitrogens is 3. The number of pyridine rings is 1. The molecular weight excluding hydrogens is 636 g/mol. The Labute approximate surface area is 275 Å². The summed E-state index contributed by atoms with van der Waals surface area (Å²) in [5.41, 5.74) is 2.59. The van der Waals surface area contributed by atoms with Crippen molar-refractivity contribution in [3.05, 3.63) is 150 Å². The number of hydrogen-bond acceptors (Lipinski definition) is 3. The van der Waals surface area contributed by atoms with E-state index in [-0.39, 0.29) is 44.2 Å². The largest absolute Gasteiger partial charge is 0.417 e. The maximum Gasteiger partial charge on any atom is 0.417 e. The van der Waals surface area contributed by atoms with Gasteiger partial charge in [-0.1, -0.05) is 97.1 Å². The molecule has 8 rings (SSSR count). The summed E-state index contributed by atoms with van der Waals surface area (Å²) in [6.07, 6.45) is -4.83. The van der Waals surface area contributed by atoms with Crippen molar-refractivity contribution in [2.45, 2.75) is 6.18 Å². The summed E-state index contributed by atoms with van der Waals surface area (Å²) in [4.78, 5) is 14.7. The van der Waals surface area contributed by atoms with Crippen molar-refractivity contribution < 1.29 is 26.3 Å². The average molecular weight is 658 g/mol. The van der Waals surface area contributed by atoms with E-state index in [1.54, 1.807) is 36.4 Å². The second kappa shape index (κ2) is 11.6. The van der Waals surface area contributed by atoms with Gasteiger partial charge in [-0.3, -0.25) is 0 Å². The van der Waals surface area contributed by atoms with Crippen LogP contribution < -0.4 is 0 Å². The highest BCUT2D eigenvalue weighted by atomic mass is 19.4. The highest BCUT2D eigenvalue weighted by Gasteiger charge is 2.36. The number of alkyl halides is 3. The topological polar surface area (TPSA) is 38.7 Å². The second-order valence-corrected chi connectivity index (χ2v) is 11.5. The molecule has 0 saturated heterocycles. The predicted molar refractivity (Wildman–Crippen MR) is 179 cm³/mol. The molecule has 49 heavy (non-hydrogen) atoms. The van der Waals surface area contributed by atoms with E-state index in [9.17, 15) is 13.2 Å². The number of hydrogen-bond donors (Lipinski definition) is 0. The fraction of sp³-hybridized carbons (Fsp3) is 0.0250. The summed E-state index contributed by atoms with van der Waals surface area (Å²) in [5, 5.41) is 0.448. The van der Waals surface area contributed by atoms with Gasteiger partial charge in [-0.25, -0.2) is 28.1 Å². The van der Waals surface area contributed by atoms with Crippen LogP contribution >= 0.6 is 0 Å². The van der Waals surface area contributed by atoms with Crippen LogP contribution in [-0.2, 0) is 6.18 Å². The molecule has 0 atom stereocenters. The molecule has 8 aromatic rings. The Balaban J connectivity index is 1.51. The molecule has 2 heterocycles. The smallest absolute Gasteiger partial charge is 0.247 e. The first-order valence-electron chi connectivity index (χ1n) is 15.2. The van der Waals surface area contributed by atoms with E-state index in [1.165, 1.54) is 12.1 Å². The van der Waals surface area contributed by atoms with Gasteiger partial charge in [-0.05, 0) is 41.5 Å². The lowest BCUT2D eigenvalue weighted by Crippen LogP contribution is -2.09. The van der Waals surface area contributed by atoms with Crippen LogP contribution in [0.1, 0.15) is 5.56 Å². The maximum absolute atomic E-state index is 15.2. The predicted octanol–water partition coefficient (Wildman–Crippen LogP) is 11.4. The molecule has 0 amide bonds. The molecular formula is C40H21F6N3. The Hall–Kier alpha value is -6.09. The molecule has 0 aliphatic heterocycles. The zero-order valence-electron chi connectivity index (χ0n) is 25.2. The fourth-order valence-electron chi connectivity index (χ4n) is 6.26. The number of rotatable bonds is 4. The Morgan fingerprint density at radius 2 is 0.980 bits per heavy atom. The van der Waals surface area contributed by atoms with E-state index in [0.717, 1.165) is 23.8 Å². The summed E-state index contributed by atoms with van der Waals surface area (Å²) < 4.78 is 87.7. The molecule has 0 bridgehead atoms. The van der Waals surface area contributed by atoms with Crippen molar-refractivity contribution in [2.75, 3.05) is 0 Å². The summed E-state index contributed by atoms with van der Waals surface area (Å²) in [6, 6.07) is 34.1. The summed E-state index contributed by atoms with van der Waals surface area (Å²) >= 11 is 0. The van der Waals surface area contributed by atoms with Gasteiger partial charge in [-0.2, -0.15) is 13.2 Å². The monoisotopic (exact) mass is 657 g/mol. The highest BCUT2D eigenvalue weighted by Crippen LogP contribution is 2.45. The van der Waals surface area contributed by atoms with Gasteiger partial charge in [0, 0.05) is 32.8 Å². The number of nitrogens with zero attached hydrogens (tertiary/aromatic N) is 3. The van der Waals surface area contributed by atoms with Crippen LogP contribution in [0.15, 0.2) is 127 Å². The molecule has 0 saturated carbocycles. The van der Waals surface area contributed by atoms with E-state index in [0.29, 0.717) is 27.9 Å². The third kappa shape index (κ3) is 5.24. The Bertz CT molecular complexity index is 2550. The van der Waals surface area contributed by atoms with Crippen LogP contribution in [0.5, 0.6) is 0 Å². The van der Waals surface area contributed by atoms with Gasteiger partial charge < -0.3 is 0 Å². The number of halogens is 6. The van der Waals surface area contributed by atoms with Gasteiger partial charge in [0.25, 0.3) is 0 Å². The van der Waals surface area contributed by atoms with Crippen LogP contribution in [0.25, 0.3) is 77.6 Å². The molecule has 0 N–H and O–H groups in total. The van der Waals surface area contributed by atoms with Gasteiger partial charge >= 0.3 is 6.18 Å². The van der Waals surface area contributed by atoms with Crippen molar-refractivity contribution in [3.63, 3.8) is 0 Å². The molecule has 0 aliphatic carbocycles. The zero-order valence-corrected chi connectivity index (χ0v) is 25.2. The van der Waals surface area contributed by atoms with Crippen LogP contribution in [0, 0.1) is 17.5 Å². The van der Waals surface area contributed by atoms with Crippen LogP contribution in [0.4, 0.5) is 26.3 Å². The lowest BCUT2D eigenvalue weighted by Gasteiger charge is -2.19. The van der Waals surface area contributed by atoms with E-state index in [2.05, 4.69) is 0 Å². The molecule has 2 aromatic heterocycles. The summed E-state index contributed by atoms with van der Waals surface area (Å²) in [5.74, 6) is -4.39. The summed E-state index contributed by atoms with van der Waals surface area (Å²) in [7, 11) is 0. The molecule has 6 aromatic carbocycles. The van der Waals surface area contributed by atoms with Crippen molar-refractivity contribution in [3.8, 4) is 44.9 Å². The Morgan fingerprint density at radius 1 is 0.429 bits per heavy atom. The second-order valence-electron chi connectivity index (χ2n) is 11.5. The van der Waals surface area contributed by atoms with Gasteiger partial charge in [-0.15, -0.1) is 0 Å². The minimum atomic E-state index is -4.83. The van der Waals surface area contributed by atoms with Crippen LogP contribution in [-0.4, -0.2) is 15.0 Å². The first-order valence-corrected chi connectivity index (χ1v) is 15.2. The first-order chi connectivity index (χ1) is 23.7. The van der Waals surface area contributed by atoms with Crippen LogP contribution in [0.3, 0.4) is 0 Å². The quantitative estimate of drug-likeness (QED) is 0.107. The van der Waals surface area contributed by atoms with Crippen molar-refractivity contribution in [1.82, 2.24) is 15.0 Å². The molecule has 238 valence electrons. The van der Waals surface area contributed by atoms with Gasteiger partial charge in [0.05, 0.1) is 39.2 Å². The Morgan fingerprint density at radius 3 is 1.63 bits per heavy atom. The first kappa shape index (κ1) is 30.3. The van der Waals surface area contributed by atoms with Crippen molar-refractivity contribution in [2.24, 2.45) is 0 Å². The molecule has 0 unspecified atom stereocenters. The van der Waals surface area contributed by atoms with E-state index in [4.69, 9.17) is 15.0 Å². The Kier molecular flexibility index (Phi) is 7.14. The summed E-state index contributed by atoms with van der Waals surface area (Å²) in [6.45, 7) is 0. The third-order valence-electron chi connectivity index (χ3n) is 8.46. The van der Waals surface area contributed by atoms with Gasteiger partial charge in [0.2, 0.25) is 0 Å². The molecule has 0 radical (unpaired) electrons. The standard InChI is InChI=1S/C40H21F6N3/c41-29-19-26(20-30(42)35(29)43)24-14-9-15-25(18-24)36-34-28(40(44,45)46)21-32-39(33(34)27-16-7-8-17-31(27)47-36)49-38(23-12-5-2-6-13-23)37(48-32)22-10-3-1-4-11-22/h1-21H. The minimum Gasteiger partial charge on any atom is -0.247 e. The molecule has 0 fully saturated rings. The zero-order chi connectivity index (χ0) is 33.9. The van der Waals surface area contributed by atoms with Gasteiger partial charge in [0.15, 0.2) is 17.5 Å². The lowest BCUT2D eigenvalue weighted by molar-refractivity contribution is -0.136. The normalized spacial score (nSPS) is 11.9. The van der Waals surface area contributed by atoms with Crippen molar-refractivity contribution in [1.29, 1.82) is 0 Å². The lowest BCUT2D eigenvalue weighted by atomic mass is 9.92. The van der Waals surface area contributed by atoms with E-state index in [1.807, 2.05) is 60.7 Å². The van der Waals surface area contributed by atoms with E-state index < -0.39 is 29.2 Å². The van der Waals surface area contributed by atoms with E-state index >= 15 is 13.2 Å². The SMILES string of the molecule is Fc1cc(-c2cccc(-c3nc4ccccc4c4c3c(C(F)(F)F)cc3nc(-c5ccccc5)c(-c5ccccc5)nc34)c2)cc(F)c1F. The molecule has 9 heteroatoms. The van der Waals surface area contributed by atoms with Gasteiger partial charge in [0.1, 0.15) is 0 Å². The fourth-order valence-corrected chi connectivity index (χ4v) is 6.26. The number of fused-ring (bicyclic) bond motifs is 5. The maximum atomic E-state index is 15.2. The highest BCUT2D eigenvalue weighted by molar-refractivity contribution is 6.22. The minimum absolute atomic E-state index is 0.0108. The average Bonchev–Trinajstić information content (AvgIpc) is 3.12. The van der Waals surface area contributed by atoms with Crippen molar-refractivity contribution >= 4 is 32.7 Å². The number of benzene rings is 6. The molecule has 3 nitrogen and oxygen atoms in total. The van der Waals surface area contributed by atoms with Crippen LogP contribution in [0.2, 0.25) is 0 Å².